The third kappa shape index (κ3) is 3.55. The van der Waals surface area contributed by atoms with Crippen molar-refractivity contribution in [1.82, 2.24) is 4.90 Å². The molecule has 3 N–H and O–H groups in total. The molecule has 1 heterocycles. The van der Waals surface area contributed by atoms with E-state index in [4.69, 9.17) is 18.0 Å². The summed E-state index contributed by atoms with van der Waals surface area (Å²) in [4.78, 5) is 15.1. The van der Waals surface area contributed by atoms with Crippen molar-refractivity contribution in [3.8, 4) is 0 Å². The van der Waals surface area contributed by atoms with Crippen molar-refractivity contribution < 1.29 is 4.79 Å². The molecule has 1 atom stereocenters. The molecular formula is C15H21N3OS. The standard InChI is InChI=1S/C15H21N3OS/c1-2-18(10-9-14(16)20)13-8-7-11-5-3-4-6-12(11)17-15(13)19/h3-6,13H,2,7-10H2,1H3,(H2,16,20)(H,17,19). The summed E-state index contributed by atoms with van der Waals surface area (Å²) in [6.07, 6.45) is 2.39. The van der Waals surface area contributed by atoms with Gasteiger partial charge in [0.15, 0.2) is 0 Å². The smallest absolute Gasteiger partial charge is 0.241 e. The van der Waals surface area contributed by atoms with Gasteiger partial charge in [-0.1, -0.05) is 37.3 Å². The lowest BCUT2D eigenvalue weighted by Crippen LogP contribution is -2.44. The summed E-state index contributed by atoms with van der Waals surface area (Å²) in [6, 6.07) is 7.88. The minimum atomic E-state index is -0.109. The number of amides is 1. The monoisotopic (exact) mass is 291 g/mol. The first-order chi connectivity index (χ1) is 9.61. The van der Waals surface area contributed by atoms with Crippen LogP contribution in [-0.4, -0.2) is 34.9 Å². The fraction of sp³-hybridized carbons (Fsp3) is 0.467. The molecular weight excluding hydrogens is 270 g/mol. The van der Waals surface area contributed by atoms with Gasteiger partial charge in [-0.15, -0.1) is 0 Å². The predicted octanol–water partition coefficient (Wildman–Crippen LogP) is 1.94. The van der Waals surface area contributed by atoms with Gasteiger partial charge in [0.25, 0.3) is 0 Å². The van der Waals surface area contributed by atoms with Crippen LogP contribution in [-0.2, 0) is 11.2 Å². The summed E-state index contributed by atoms with van der Waals surface area (Å²) in [6.45, 7) is 3.61. The van der Waals surface area contributed by atoms with Gasteiger partial charge < -0.3 is 11.1 Å². The molecule has 0 saturated heterocycles. The van der Waals surface area contributed by atoms with E-state index in [9.17, 15) is 4.79 Å². The van der Waals surface area contributed by atoms with E-state index in [-0.39, 0.29) is 11.9 Å². The summed E-state index contributed by atoms with van der Waals surface area (Å²) in [7, 11) is 0. The maximum atomic E-state index is 12.4. The highest BCUT2D eigenvalue weighted by molar-refractivity contribution is 7.80. The molecule has 5 heteroatoms. The lowest BCUT2D eigenvalue weighted by atomic mass is 10.0. The Kier molecular flexibility index (Phi) is 5.09. The summed E-state index contributed by atoms with van der Waals surface area (Å²) < 4.78 is 0. The number of thiocarbonyl (C=S) groups is 1. The van der Waals surface area contributed by atoms with Crippen LogP contribution in [0.5, 0.6) is 0 Å². The van der Waals surface area contributed by atoms with Gasteiger partial charge in [-0.3, -0.25) is 9.69 Å². The Bertz CT molecular complexity index is 504. The van der Waals surface area contributed by atoms with Gasteiger partial charge in [-0.2, -0.15) is 0 Å². The minimum Gasteiger partial charge on any atom is -0.393 e. The molecule has 0 radical (unpaired) electrons. The van der Waals surface area contributed by atoms with E-state index in [1.54, 1.807) is 0 Å². The SMILES string of the molecule is CCN(CCC(N)=S)C1CCc2ccccc2NC1=O. The number of anilines is 1. The molecule has 1 aromatic carbocycles. The summed E-state index contributed by atoms with van der Waals surface area (Å²) in [5.41, 5.74) is 7.70. The van der Waals surface area contributed by atoms with Gasteiger partial charge in [0.2, 0.25) is 5.91 Å². The van der Waals surface area contributed by atoms with E-state index in [2.05, 4.69) is 23.2 Å². The lowest BCUT2D eigenvalue weighted by molar-refractivity contribution is -0.121. The predicted molar refractivity (Wildman–Crippen MR) is 85.8 cm³/mol. The normalized spacial score (nSPS) is 18.3. The highest BCUT2D eigenvalue weighted by atomic mass is 32.1. The lowest BCUT2D eigenvalue weighted by Gasteiger charge is -2.28. The fourth-order valence-electron chi connectivity index (χ4n) is 2.64. The van der Waals surface area contributed by atoms with Crippen molar-refractivity contribution in [1.29, 1.82) is 0 Å². The zero-order valence-electron chi connectivity index (χ0n) is 11.8. The average Bonchev–Trinajstić information content (AvgIpc) is 2.59. The first-order valence-corrected chi connectivity index (χ1v) is 7.43. The largest absolute Gasteiger partial charge is 0.393 e. The Morgan fingerprint density at radius 1 is 1.50 bits per heavy atom. The number of hydrogen-bond acceptors (Lipinski definition) is 3. The van der Waals surface area contributed by atoms with E-state index in [0.717, 1.165) is 31.6 Å². The maximum Gasteiger partial charge on any atom is 0.241 e. The van der Waals surface area contributed by atoms with Crippen molar-refractivity contribution in [3.63, 3.8) is 0 Å². The quantitative estimate of drug-likeness (QED) is 0.814. The minimum absolute atomic E-state index is 0.0692. The number of nitrogens with zero attached hydrogens (tertiary/aromatic N) is 1. The number of rotatable bonds is 5. The highest BCUT2D eigenvalue weighted by Crippen LogP contribution is 2.23. The van der Waals surface area contributed by atoms with E-state index in [1.807, 2.05) is 18.2 Å². The van der Waals surface area contributed by atoms with Crippen molar-refractivity contribution in [2.45, 2.75) is 32.2 Å². The van der Waals surface area contributed by atoms with Gasteiger partial charge in [0.1, 0.15) is 0 Å². The molecule has 0 fully saturated rings. The molecule has 2 rings (SSSR count). The third-order valence-corrected chi connectivity index (χ3v) is 3.96. The first kappa shape index (κ1) is 14.9. The molecule has 0 aliphatic carbocycles. The first-order valence-electron chi connectivity index (χ1n) is 7.03. The van der Waals surface area contributed by atoms with E-state index in [1.165, 1.54) is 5.56 Å². The van der Waals surface area contributed by atoms with Gasteiger partial charge >= 0.3 is 0 Å². The topological polar surface area (TPSA) is 58.4 Å². The zero-order chi connectivity index (χ0) is 14.5. The number of aryl methyl sites for hydroxylation is 1. The molecule has 1 unspecified atom stereocenters. The van der Waals surface area contributed by atoms with Crippen molar-refractivity contribution in [3.05, 3.63) is 29.8 Å². The van der Waals surface area contributed by atoms with Gasteiger partial charge in [0.05, 0.1) is 11.0 Å². The molecule has 1 aromatic rings. The molecule has 108 valence electrons. The van der Waals surface area contributed by atoms with Gasteiger partial charge in [0, 0.05) is 18.7 Å². The molecule has 0 spiro atoms. The molecule has 1 amide bonds. The molecule has 0 aromatic heterocycles. The second-order valence-corrected chi connectivity index (χ2v) is 5.57. The van der Waals surface area contributed by atoms with Crippen LogP contribution in [0.3, 0.4) is 0 Å². The number of nitrogens with one attached hydrogen (secondary N) is 1. The van der Waals surface area contributed by atoms with Crippen LogP contribution in [0.1, 0.15) is 25.3 Å². The van der Waals surface area contributed by atoms with Crippen LogP contribution in [0.2, 0.25) is 0 Å². The van der Waals surface area contributed by atoms with Gasteiger partial charge in [-0.05, 0) is 31.0 Å². The number of para-hydroxylation sites is 1. The van der Waals surface area contributed by atoms with Crippen LogP contribution < -0.4 is 11.1 Å². The second kappa shape index (κ2) is 6.81. The van der Waals surface area contributed by atoms with E-state index in [0.29, 0.717) is 11.4 Å². The Balaban J connectivity index is 2.10. The fourth-order valence-corrected chi connectivity index (χ4v) is 2.73. The average molecular weight is 291 g/mol. The van der Waals surface area contributed by atoms with E-state index < -0.39 is 0 Å². The zero-order valence-corrected chi connectivity index (χ0v) is 12.6. The Morgan fingerprint density at radius 3 is 2.95 bits per heavy atom. The molecule has 20 heavy (non-hydrogen) atoms. The summed E-state index contributed by atoms with van der Waals surface area (Å²) >= 11 is 4.93. The van der Waals surface area contributed by atoms with Crippen molar-refractivity contribution >= 4 is 28.8 Å². The third-order valence-electron chi connectivity index (χ3n) is 3.76. The van der Waals surface area contributed by atoms with Crippen LogP contribution in [0.15, 0.2) is 24.3 Å². The number of carbonyl (C=O) groups is 1. The number of carbonyl (C=O) groups excluding carboxylic acids is 1. The van der Waals surface area contributed by atoms with Crippen molar-refractivity contribution in [2.24, 2.45) is 5.73 Å². The molecule has 0 saturated carbocycles. The number of fused-ring (bicyclic) bond motifs is 1. The molecule has 0 bridgehead atoms. The number of hydrogen-bond donors (Lipinski definition) is 2. The van der Waals surface area contributed by atoms with Crippen LogP contribution >= 0.6 is 12.2 Å². The number of likely N-dealkylation sites (N-methyl/N-ethyl adjacent to an activating group) is 1. The number of benzene rings is 1. The van der Waals surface area contributed by atoms with Crippen LogP contribution in [0.25, 0.3) is 0 Å². The molecule has 1 aliphatic rings. The Labute approximate surface area is 125 Å². The van der Waals surface area contributed by atoms with Crippen LogP contribution in [0, 0.1) is 0 Å². The van der Waals surface area contributed by atoms with E-state index >= 15 is 0 Å². The second-order valence-electron chi connectivity index (χ2n) is 5.05. The Hall–Kier alpha value is -1.46. The molecule has 1 aliphatic heterocycles. The number of nitrogens with two attached hydrogens (primary N) is 1. The summed E-state index contributed by atoms with van der Waals surface area (Å²) in [5.74, 6) is 0.0692. The maximum absolute atomic E-state index is 12.4. The highest BCUT2D eigenvalue weighted by Gasteiger charge is 2.27. The van der Waals surface area contributed by atoms with Crippen molar-refractivity contribution in [2.75, 3.05) is 18.4 Å². The molecule has 4 nitrogen and oxygen atoms in total. The van der Waals surface area contributed by atoms with Crippen LogP contribution in [0.4, 0.5) is 5.69 Å². The van der Waals surface area contributed by atoms with Gasteiger partial charge in [-0.25, -0.2) is 0 Å². The Morgan fingerprint density at radius 2 is 2.25 bits per heavy atom. The summed E-state index contributed by atoms with van der Waals surface area (Å²) in [5, 5.41) is 3.03.